The number of unbranched alkanes of at least 4 members (excludes halogenated alkanes) is 1. The monoisotopic (exact) mass is 306 g/mol. The van der Waals surface area contributed by atoms with Crippen molar-refractivity contribution in [3.63, 3.8) is 0 Å². The third-order valence-corrected chi connectivity index (χ3v) is 3.52. The maximum atomic E-state index is 12.3. The maximum absolute atomic E-state index is 12.3. The van der Waals surface area contributed by atoms with E-state index in [1.165, 1.54) is 5.56 Å². The molecule has 124 valence electrons. The Bertz CT molecular complexity index is 466. The summed E-state index contributed by atoms with van der Waals surface area (Å²) >= 11 is 0. The van der Waals surface area contributed by atoms with Crippen molar-refractivity contribution in [2.24, 2.45) is 0 Å². The summed E-state index contributed by atoms with van der Waals surface area (Å²) < 4.78 is 11.2. The lowest BCUT2D eigenvalue weighted by molar-refractivity contribution is 0.0521. The molecule has 0 radical (unpaired) electrons. The van der Waals surface area contributed by atoms with Crippen molar-refractivity contribution < 1.29 is 14.3 Å². The molecule has 0 heterocycles. The molecule has 0 fully saturated rings. The first-order chi connectivity index (χ1) is 10.7. The van der Waals surface area contributed by atoms with Gasteiger partial charge in [-0.05, 0) is 43.4 Å². The van der Waals surface area contributed by atoms with Crippen molar-refractivity contribution in [2.45, 2.75) is 66.2 Å². The van der Waals surface area contributed by atoms with Gasteiger partial charge in [-0.2, -0.15) is 0 Å². The Labute approximate surface area is 135 Å². The van der Waals surface area contributed by atoms with Crippen LogP contribution in [-0.2, 0) is 17.6 Å². The van der Waals surface area contributed by atoms with E-state index >= 15 is 0 Å². The third kappa shape index (κ3) is 5.36. The van der Waals surface area contributed by atoms with Crippen LogP contribution in [0.1, 0.15) is 74.9 Å². The minimum Gasteiger partial charge on any atom is -0.492 e. The van der Waals surface area contributed by atoms with Gasteiger partial charge in [-0.15, -0.1) is 0 Å². The molecule has 1 aromatic rings. The van der Waals surface area contributed by atoms with Crippen molar-refractivity contribution in [1.29, 1.82) is 0 Å². The second-order valence-corrected chi connectivity index (χ2v) is 5.55. The second kappa shape index (κ2) is 10.3. The first-order valence-corrected chi connectivity index (χ1v) is 8.63. The number of benzene rings is 1. The van der Waals surface area contributed by atoms with Crippen LogP contribution in [0, 0.1) is 0 Å². The Kier molecular flexibility index (Phi) is 8.64. The fourth-order valence-corrected chi connectivity index (χ4v) is 2.49. The molecule has 3 nitrogen and oxygen atoms in total. The van der Waals surface area contributed by atoms with Gasteiger partial charge >= 0.3 is 5.97 Å². The van der Waals surface area contributed by atoms with Crippen molar-refractivity contribution in [3.05, 3.63) is 28.8 Å². The number of carbonyl (C=O) groups is 1. The molecule has 1 rings (SSSR count). The van der Waals surface area contributed by atoms with Gasteiger partial charge in [0.2, 0.25) is 0 Å². The Hall–Kier alpha value is -1.51. The van der Waals surface area contributed by atoms with Gasteiger partial charge in [0.1, 0.15) is 11.3 Å². The summed E-state index contributed by atoms with van der Waals surface area (Å²) in [6, 6.07) is 4.14. The predicted octanol–water partition coefficient (Wildman–Crippen LogP) is 4.95. The summed E-state index contributed by atoms with van der Waals surface area (Å²) in [6.45, 7) is 9.29. The highest BCUT2D eigenvalue weighted by Gasteiger charge is 2.19. The van der Waals surface area contributed by atoms with Crippen molar-refractivity contribution in [1.82, 2.24) is 0 Å². The highest BCUT2D eigenvalue weighted by molar-refractivity contribution is 5.93. The molecular formula is C19H30O3. The van der Waals surface area contributed by atoms with Crippen LogP contribution in [0.5, 0.6) is 5.75 Å². The molecule has 0 aromatic heterocycles. The molecule has 0 saturated heterocycles. The fraction of sp³-hybridized carbons (Fsp3) is 0.632. The molecule has 22 heavy (non-hydrogen) atoms. The number of hydrogen-bond donors (Lipinski definition) is 0. The highest BCUT2D eigenvalue weighted by Crippen LogP contribution is 2.29. The highest BCUT2D eigenvalue weighted by atomic mass is 16.5. The van der Waals surface area contributed by atoms with Crippen LogP contribution < -0.4 is 4.74 Å². The lowest BCUT2D eigenvalue weighted by atomic mass is 9.98. The van der Waals surface area contributed by atoms with E-state index in [4.69, 9.17) is 9.47 Å². The Morgan fingerprint density at radius 1 is 1.00 bits per heavy atom. The minimum atomic E-state index is -0.274. The van der Waals surface area contributed by atoms with Gasteiger partial charge in [-0.25, -0.2) is 4.79 Å². The van der Waals surface area contributed by atoms with Crippen LogP contribution in [0.15, 0.2) is 12.1 Å². The van der Waals surface area contributed by atoms with Crippen LogP contribution in [0.4, 0.5) is 0 Å². The van der Waals surface area contributed by atoms with E-state index in [0.717, 1.165) is 49.8 Å². The maximum Gasteiger partial charge on any atom is 0.341 e. The SMILES string of the molecule is CCCCOc1c(CCC)cc(CCC)cc1C(=O)OCC. The van der Waals surface area contributed by atoms with Crippen LogP contribution in [0.3, 0.4) is 0 Å². The van der Waals surface area contributed by atoms with Crippen LogP contribution >= 0.6 is 0 Å². The molecule has 3 heteroatoms. The molecule has 0 bridgehead atoms. The average Bonchev–Trinajstić information content (AvgIpc) is 2.50. The number of aryl methyl sites for hydroxylation is 2. The second-order valence-electron chi connectivity index (χ2n) is 5.55. The summed E-state index contributed by atoms with van der Waals surface area (Å²) in [6.07, 6.45) is 6.05. The van der Waals surface area contributed by atoms with Crippen LogP contribution in [0.2, 0.25) is 0 Å². The smallest absolute Gasteiger partial charge is 0.341 e. The third-order valence-electron chi connectivity index (χ3n) is 3.52. The van der Waals surface area contributed by atoms with Gasteiger partial charge < -0.3 is 9.47 Å². The summed E-state index contributed by atoms with van der Waals surface area (Å²) in [5.41, 5.74) is 2.91. The molecule has 0 saturated carbocycles. The van der Waals surface area contributed by atoms with E-state index in [9.17, 15) is 4.79 Å². The molecule has 0 atom stereocenters. The van der Waals surface area contributed by atoms with Gasteiger partial charge in [0.15, 0.2) is 0 Å². The van der Waals surface area contributed by atoms with Crippen molar-refractivity contribution in [2.75, 3.05) is 13.2 Å². The molecule has 0 spiro atoms. The van der Waals surface area contributed by atoms with Gasteiger partial charge in [0.05, 0.1) is 13.2 Å². The summed E-state index contributed by atoms with van der Waals surface area (Å²) in [4.78, 5) is 12.3. The lowest BCUT2D eigenvalue weighted by Gasteiger charge is -2.17. The number of esters is 1. The average molecular weight is 306 g/mol. The number of rotatable bonds is 10. The lowest BCUT2D eigenvalue weighted by Crippen LogP contribution is -2.11. The van der Waals surface area contributed by atoms with Gasteiger partial charge in [-0.3, -0.25) is 0 Å². The van der Waals surface area contributed by atoms with Crippen molar-refractivity contribution >= 4 is 5.97 Å². The van der Waals surface area contributed by atoms with Crippen molar-refractivity contribution in [3.8, 4) is 5.75 Å². The summed E-state index contributed by atoms with van der Waals surface area (Å²) in [7, 11) is 0. The number of ether oxygens (including phenoxy) is 2. The molecule has 0 N–H and O–H groups in total. The minimum absolute atomic E-state index is 0.274. The van der Waals surface area contributed by atoms with Gasteiger partial charge in [-0.1, -0.05) is 46.1 Å². The Balaban J connectivity index is 3.21. The largest absolute Gasteiger partial charge is 0.492 e. The zero-order valence-electron chi connectivity index (χ0n) is 14.5. The zero-order valence-corrected chi connectivity index (χ0v) is 14.5. The predicted molar refractivity (Wildman–Crippen MR) is 90.8 cm³/mol. The zero-order chi connectivity index (χ0) is 16.4. The molecule has 0 aliphatic rings. The first-order valence-electron chi connectivity index (χ1n) is 8.63. The topological polar surface area (TPSA) is 35.5 Å². The normalized spacial score (nSPS) is 10.5. The molecule has 1 aromatic carbocycles. The van der Waals surface area contributed by atoms with E-state index in [-0.39, 0.29) is 5.97 Å². The van der Waals surface area contributed by atoms with Gasteiger partial charge in [0, 0.05) is 0 Å². The van der Waals surface area contributed by atoms with Gasteiger partial charge in [0.25, 0.3) is 0 Å². The molecule has 0 amide bonds. The Morgan fingerprint density at radius 2 is 1.73 bits per heavy atom. The van der Waals surface area contributed by atoms with Crippen LogP contribution in [0.25, 0.3) is 0 Å². The summed E-state index contributed by atoms with van der Waals surface area (Å²) in [5.74, 6) is 0.456. The molecular weight excluding hydrogens is 276 g/mol. The first kappa shape index (κ1) is 18.5. The number of carbonyl (C=O) groups excluding carboxylic acids is 1. The van der Waals surface area contributed by atoms with E-state index in [1.807, 2.05) is 13.0 Å². The van der Waals surface area contributed by atoms with Crippen LogP contribution in [-0.4, -0.2) is 19.2 Å². The summed E-state index contributed by atoms with van der Waals surface area (Å²) in [5, 5.41) is 0. The van der Waals surface area contributed by atoms with E-state index in [2.05, 4.69) is 26.8 Å². The molecule has 0 unspecified atom stereocenters. The molecule has 0 aliphatic carbocycles. The number of hydrogen-bond acceptors (Lipinski definition) is 3. The molecule has 0 aliphatic heterocycles. The fourth-order valence-electron chi connectivity index (χ4n) is 2.49. The van der Waals surface area contributed by atoms with E-state index in [0.29, 0.717) is 18.8 Å². The standard InChI is InChI=1S/C19H30O3/c1-5-9-12-22-18-16(11-7-3)13-15(10-6-2)14-17(18)19(20)21-8-4/h13-14H,5-12H2,1-4H3. The quantitative estimate of drug-likeness (QED) is 0.453. The van der Waals surface area contributed by atoms with E-state index < -0.39 is 0 Å². The Morgan fingerprint density at radius 3 is 2.32 bits per heavy atom. The van der Waals surface area contributed by atoms with E-state index in [1.54, 1.807) is 0 Å².